The van der Waals surface area contributed by atoms with Crippen molar-refractivity contribution in [1.82, 2.24) is 15.0 Å². The van der Waals surface area contributed by atoms with Crippen LogP contribution in [0, 0.1) is 17.1 Å². The molecule has 4 aromatic rings. The summed E-state index contributed by atoms with van der Waals surface area (Å²) in [6.07, 6.45) is 4.83. The molecular weight excluding hydrogens is 499 g/mol. The van der Waals surface area contributed by atoms with Crippen molar-refractivity contribution < 1.29 is 9.13 Å². The van der Waals surface area contributed by atoms with E-state index in [4.69, 9.17) is 16.3 Å². The van der Waals surface area contributed by atoms with Crippen LogP contribution in [-0.4, -0.2) is 26.9 Å². The summed E-state index contributed by atoms with van der Waals surface area (Å²) in [5.41, 5.74) is 3.69. The predicted molar refractivity (Wildman–Crippen MR) is 126 cm³/mol. The molecule has 2 aromatic heterocycles. The second-order valence-corrected chi connectivity index (χ2v) is 7.95. The zero-order valence-electron chi connectivity index (χ0n) is 16.6. The van der Waals surface area contributed by atoms with Crippen molar-refractivity contribution >= 4 is 55.5 Å². The number of nitriles is 1. The van der Waals surface area contributed by atoms with Crippen molar-refractivity contribution in [2.24, 2.45) is 0 Å². The van der Waals surface area contributed by atoms with Gasteiger partial charge < -0.3 is 20.4 Å². The minimum Gasteiger partial charge on any atom is -0.490 e. The third kappa shape index (κ3) is 4.77. The lowest BCUT2D eigenvalue weighted by Gasteiger charge is -2.17. The number of anilines is 3. The summed E-state index contributed by atoms with van der Waals surface area (Å²) in [7, 11) is 0. The van der Waals surface area contributed by atoms with E-state index in [1.54, 1.807) is 18.6 Å². The fraction of sp³-hybridized carbons (Fsp3) is 0.136. The Hall–Kier alpha value is -3.35. The highest BCUT2D eigenvalue weighted by Crippen LogP contribution is 2.36. The van der Waals surface area contributed by atoms with Gasteiger partial charge in [0.2, 0.25) is 0 Å². The van der Waals surface area contributed by atoms with E-state index < -0.39 is 5.82 Å². The molecule has 0 aliphatic rings. The van der Waals surface area contributed by atoms with E-state index in [0.29, 0.717) is 52.1 Å². The molecule has 7 nitrogen and oxygen atoms in total. The normalized spacial score (nSPS) is 10.7. The first-order valence-corrected chi connectivity index (χ1v) is 11.1. The molecule has 162 valence electrons. The minimum atomic E-state index is -0.517. The summed E-state index contributed by atoms with van der Waals surface area (Å²) in [6.45, 7) is 0.970. The van der Waals surface area contributed by atoms with Gasteiger partial charge in [0, 0.05) is 34.9 Å². The Morgan fingerprint density at radius 1 is 1.25 bits per heavy atom. The lowest BCUT2D eigenvalue weighted by molar-refractivity contribution is 0.347. The Morgan fingerprint density at radius 3 is 2.84 bits per heavy atom. The van der Waals surface area contributed by atoms with Gasteiger partial charge in [-0.15, -0.1) is 0 Å². The van der Waals surface area contributed by atoms with Gasteiger partial charge in [-0.1, -0.05) is 27.5 Å². The van der Waals surface area contributed by atoms with Crippen LogP contribution in [0.1, 0.15) is 11.3 Å². The number of H-pyrrole nitrogens is 1. The number of aromatic nitrogens is 3. The highest BCUT2D eigenvalue weighted by Gasteiger charge is 2.15. The maximum Gasteiger partial charge on any atom is 0.144 e. The third-order valence-corrected chi connectivity index (χ3v) is 5.25. The molecule has 2 heterocycles. The third-order valence-electron chi connectivity index (χ3n) is 4.64. The van der Waals surface area contributed by atoms with Crippen LogP contribution in [-0.2, 0) is 6.54 Å². The highest BCUT2D eigenvalue weighted by atomic mass is 79.9. The zero-order valence-corrected chi connectivity index (χ0v) is 19.0. The van der Waals surface area contributed by atoms with Crippen molar-refractivity contribution in [3.05, 3.63) is 71.2 Å². The minimum absolute atomic E-state index is 0.0146. The van der Waals surface area contributed by atoms with Gasteiger partial charge in [0.15, 0.2) is 0 Å². The molecule has 0 saturated heterocycles. The van der Waals surface area contributed by atoms with Crippen LogP contribution in [0.2, 0.25) is 5.02 Å². The number of hydrogen-bond donors (Lipinski definition) is 3. The molecule has 0 atom stereocenters. The lowest BCUT2D eigenvalue weighted by atomic mass is 10.1. The predicted octanol–water partition coefficient (Wildman–Crippen LogP) is 5.75. The lowest BCUT2D eigenvalue weighted by Crippen LogP contribution is -2.06. The van der Waals surface area contributed by atoms with E-state index in [-0.39, 0.29) is 5.02 Å². The first-order chi connectivity index (χ1) is 15.6. The maximum atomic E-state index is 13.6. The second-order valence-electron chi connectivity index (χ2n) is 6.75. The molecule has 0 saturated carbocycles. The van der Waals surface area contributed by atoms with Crippen LogP contribution in [0.15, 0.2) is 49.1 Å². The van der Waals surface area contributed by atoms with Crippen LogP contribution in [0.5, 0.6) is 5.75 Å². The molecule has 0 aliphatic carbocycles. The number of nitrogens with zero attached hydrogens (tertiary/aromatic N) is 3. The Labute approximate surface area is 196 Å². The van der Waals surface area contributed by atoms with Crippen molar-refractivity contribution in [2.45, 2.75) is 6.54 Å². The van der Waals surface area contributed by atoms with E-state index in [2.05, 4.69) is 47.6 Å². The molecule has 0 radical (unpaired) electrons. The molecule has 0 bridgehead atoms. The fourth-order valence-electron chi connectivity index (χ4n) is 3.14. The topological polar surface area (TPSA) is 98.7 Å². The van der Waals surface area contributed by atoms with Crippen molar-refractivity contribution in [3.63, 3.8) is 0 Å². The Morgan fingerprint density at radius 2 is 2.12 bits per heavy atom. The smallest absolute Gasteiger partial charge is 0.144 e. The molecule has 2 aromatic carbocycles. The molecule has 0 aliphatic heterocycles. The summed E-state index contributed by atoms with van der Waals surface area (Å²) in [6, 6.07) is 10.1. The van der Waals surface area contributed by atoms with Gasteiger partial charge in [-0.2, -0.15) is 5.26 Å². The van der Waals surface area contributed by atoms with E-state index in [9.17, 15) is 9.65 Å². The number of alkyl halides is 1. The number of imidazole rings is 1. The quantitative estimate of drug-likeness (QED) is 0.258. The van der Waals surface area contributed by atoms with Gasteiger partial charge in [0.05, 0.1) is 52.7 Å². The van der Waals surface area contributed by atoms with Crippen LogP contribution in [0.4, 0.5) is 21.5 Å². The number of benzene rings is 2. The zero-order chi connectivity index (χ0) is 22.5. The van der Waals surface area contributed by atoms with Gasteiger partial charge in [0.25, 0.3) is 0 Å². The summed E-state index contributed by atoms with van der Waals surface area (Å²) < 4.78 is 19.5. The number of ether oxygens (including phenoxy) is 1. The van der Waals surface area contributed by atoms with Crippen LogP contribution in [0.25, 0.3) is 10.9 Å². The Bertz CT molecular complexity index is 1290. The molecule has 3 N–H and O–H groups in total. The molecule has 4 rings (SSSR count). The summed E-state index contributed by atoms with van der Waals surface area (Å²) in [5, 5.41) is 17.5. The first-order valence-electron chi connectivity index (χ1n) is 9.58. The Balaban J connectivity index is 1.79. The summed E-state index contributed by atoms with van der Waals surface area (Å²) in [5.74, 6) is 0.112. The number of nitrogens with one attached hydrogen (secondary N) is 3. The van der Waals surface area contributed by atoms with E-state index in [1.807, 2.05) is 12.1 Å². The van der Waals surface area contributed by atoms with Gasteiger partial charge in [-0.3, -0.25) is 4.98 Å². The highest BCUT2D eigenvalue weighted by molar-refractivity contribution is 9.09. The van der Waals surface area contributed by atoms with E-state index >= 15 is 0 Å². The van der Waals surface area contributed by atoms with Crippen LogP contribution < -0.4 is 15.4 Å². The maximum absolute atomic E-state index is 13.6. The number of fused-ring (bicyclic) bond motifs is 1. The standard InChI is InChI=1S/C22H17BrClFN6O/c23-3-4-32-21-7-19-16(6-20(21)29-11-15-10-27-12-30-15)22(13(8-26)9-28-19)31-14-1-2-18(25)17(24)5-14/h1-2,5-7,9-10,12,29H,3-4,11H2,(H,27,30)(H,28,31). The average Bonchev–Trinajstić information content (AvgIpc) is 3.32. The number of aromatic amines is 1. The Kier molecular flexibility index (Phi) is 6.73. The van der Waals surface area contributed by atoms with Crippen molar-refractivity contribution in [3.8, 4) is 11.8 Å². The molecular formula is C22H17BrClFN6O. The SMILES string of the molecule is N#Cc1cnc2cc(OCCBr)c(NCc3cnc[nH]3)cc2c1Nc1ccc(F)c(Cl)c1. The van der Waals surface area contributed by atoms with E-state index in [1.165, 1.54) is 18.3 Å². The van der Waals surface area contributed by atoms with Gasteiger partial charge >= 0.3 is 0 Å². The van der Waals surface area contributed by atoms with E-state index in [0.717, 1.165) is 11.4 Å². The number of rotatable bonds is 8. The number of pyridine rings is 1. The molecule has 0 fully saturated rings. The van der Waals surface area contributed by atoms with Gasteiger partial charge in [-0.05, 0) is 24.3 Å². The number of halogens is 3. The van der Waals surface area contributed by atoms with Crippen molar-refractivity contribution in [1.29, 1.82) is 5.26 Å². The first kappa shape index (κ1) is 21.9. The molecule has 0 amide bonds. The molecule has 0 unspecified atom stereocenters. The largest absolute Gasteiger partial charge is 0.490 e. The molecule has 32 heavy (non-hydrogen) atoms. The molecule has 10 heteroatoms. The average molecular weight is 516 g/mol. The van der Waals surface area contributed by atoms with Crippen LogP contribution in [0.3, 0.4) is 0 Å². The summed E-state index contributed by atoms with van der Waals surface area (Å²) >= 11 is 9.30. The van der Waals surface area contributed by atoms with Crippen LogP contribution >= 0.6 is 27.5 Å². The monoisotopic (exact) mass is 514 g/mol. The van der Waals surface area contributed by atoms with Gasteiger partial charge in [-0.25, -0.2) is 9.37 Å². The molecule has 0 spiro atoms. The van der Waals surface area contributed by atoms with Gasteiger partial charge in [0.1, 0.15) is 17.6 Å². The summed E-state index contributed by atoms with van der Waals surface area (Å²) in [4.78, 5) is 11.5. The second kappa shape index (κ2) is 9.85. The number of hydrogen-bond acceptors (Lipinski definition) is 6. The van der Waals surface area contributed by atoms with Crippen molar-refractivity contribution in [2.75, 3.05) is 22.6 Å². The fourth-order valence-corrected chi connectivity index (χ4v) is 3.48.